The number of benzene rings is 1. The summed E-state index contributed by atoms with van der Waals surface area (Å²) in [5.74, 6) is -4.89. The lowest BCUT2D eigenvalue weighted by Gasteiger charge is -2.10. The molecule has 0 heterocycles. The van der Waals surface area contributed by atoms with Gasteiger partial charge in [0.25, 0.3) is 0 Å². The normalized spacial score (nSPS) is 11.5. The summed E-state index contributed by atoms with van der Waals surface area (Å²) in [6, 6.07) is 6.06. The first kappa shape index (κ1) is 15.3. The van der Waals surface area contributed by atoms with Crippen LogP contribution in [-0.2, 0) is 4.79 Å². The molecule has 0 fully saturated rings. The first-order chi connectivity index (χ1) is 8.70. The minimum atomic E-state index is -3.48. The molecule has 0 aliphatic heterocycles. The summed E-state index contributed by atoms with van der Waals surface area (Å²) in [6.07, 6.45) is -0.796. The number of carbonyl (C=O) groups is 2. The molecule has 0 aliphatic rings. The lowest BCUT2D eigenvalue weighted by atomic mass is 10.0. The third kappa shape index (κ3) is 4.77. The van der Waals surface area contributed by atoms with Crippen LogP contribution in [0.5, 0.6) is 5.75 Å². The van der Waals surface area contributed by atoms with Gasteiger partial charge in [0, 0.05) is 12.5 Å². The monoisotopic (exact) mass is 270 g/mol. The first-order valence-corrected chi connectivity index (χ1v) is 5.91. The molecule has 0 saturated carbocycles. The zero-order chi connectivity index (χ0) is 14.6. The van der Waals surface area contributed by atoms with E-state index in [1.54, 1.807) is 12.1 Å². The molecular formula is C14H16F2O3. The van der Waals surface area contributed by atoms with Gasteiger partial charge in [-0.15, -0.1) is 0 Å². The molecule has 104 valence electrons. The third-order valence-electron chi connectivity index (χ3n) is 2.36. The molecule has 1 aromatic rings. The van der Waals surface area contributed by atoms with Crippen LogP contribution in [0.2, 0.25) is 0 Å². The van der Waals surface area contributed by atoms with Gasteiger partial charge in [-0.3, -0.25) is 9.59 Å². The molecule has 3 nitrogen and oxygen atoms in total. The third-order valence-corrected chi connectivity index (χ3v) is 2.36. The van der Waals surface area contributed by atoms with E-state index in [1.165, 1.54) is 12.1 Å². The Bertz CT molecular complexity index is 459. The Morgan fingerprint density at radius 3 is 2.16 bits per heavy atom. The van der Waals surface area contributed by atoms with Crippen LogP contribution in [0, 0.1) is 0 Å². The SMILES string of the molecule is CC(C)Oc1ccc(C(=O)CC(=O)C(C)(F)F)cc1. The summed E-state index contributed by atoms with van der Waals surface area (Å²) in [5.41, 5.74) is 0.216. The van der Waals surface area contributed by atoms with Crippen molar-refractivity contribution >= 4 is 11.6 Å². The molecule has 19 heavy (non-hydrogen) atoms. The minimum Gasteiger partial charge on any atom is -0.491 e. The van der Waals surface area contributed by atoms with Crippen LogP contribution >= 0.6 is 0 Å². The zero-order valence-corrected chi connectivity index (χ0v) is 11.1. The van der Waals surface area contributed by atoms with Gasteiger partial charge in [-0.25, -0.2) is 0 Å². The maximum atomic E-state index is 12.7. The second kappa shape index (κ2) is 5.91. The summed E-state index contributed by atoms with van der Waals surface area (Å²) in [4.78, 5) is 22.7. The highest BCUT2D eigenvalue weighted by atomic mass is 19.3. The second-order valence-corrected chi connectivity index (χ2v) is 4.60. The van der Waals surface area contributed by atoms with Gasteiger partial charge in [-0.2, -0.15) is 8.78 Å². The van der Waals surface area contributed by atoms with Crippen LogP contribution in [0.3, 0.4) is 0 Å². The molecule has 0 aromatic heterocycles. The van der Waals surface area contributed by atoms with E-state index in [0.29, 0.717) is 12.7 Å². The summed E-state index contributed by atoms with van der Waals surface area (Å²) in [7, 11) is 0. The summed E-state index contributed by atoms with van der Waals surface area (Å²) < 4.78 is 30.7. The van der Waals surface area contributed by atoms with Gasteiger partial charge in [0.2, 0.25) is 5.78 Å². The topological polar surface area (TPSA) is 43.4 Å². The highest BCUT2D eigenvalue weighted by Gasteiger charge is 2.33. The van der Waals surface area contributed by atoms with Gasteiger partial charge < -0.3 is 4.74 Å². The van der Waals surface area contributed by atoms with Crippen molar-refractivity contribution in [2.75, 3.05) is 0 Å². The van der Waals surface area contributed by atoms with Crippen LogP contribution in [0.1, 0.15) is 37.6 Å². The van der Waals surface area contributed by atoms with E-state index < -0.39 is 23.9 Å². The van der Waals surface area contributed by atoms with E-state index in [0.717, 1.165) is 0 Å². The largest absolute Gasteiger partial charge is 0.491 e. The Labute approximate surface area is 110 Å². The molecule has 0 saturated heterocycles. The highest BCUT2D eigenvalue weighted by Crippen LogP contribution is 2.19. The first-order valence-electron chi connectivity index (χ1n) is 5.91. The van der Waals surface area contributed by atoms with E-state index in [1.807, 2.05) is 13.8 Å². The summed E-state index contributed by atoms with van der Waals surface area (Å²) in [6.45, 7) is 4.21. The van der Waals surface area contributed by atoms with Crippen LogP contribution in [0.25, 0.3) is 0 Å². The van der Waals surface area contributed by atoms with E-state index in [2.05, 4.69) is 0 Å². The maximum absolute atomic E-state index is 12.7. The molecule has 0 unspecified atom stereocenters. The van der Waals surface area contributed by atoms with Gasteiger partial charge in [-0.1, -0.05) is 0 Å². The number of hydrogen-bond acceptors (Lipinski definition) is 3. The lowest BCUT2D eigenvalue weighted by Crippen LogP contribution is -2.26. The number of rotatable bonds is 6. The lowest BCUT2D eigenvalue weighted by molar-refractivity contribution is -0.139. The fourth-order valence-corrected chi connectivity index (χ4v) is 1.39. The van der Waals surface area contributed by atoms with E-state index in [9.17, 15) is 18.4 Å². The molecule has 0 aliphatic carbocycles. The standard InChI is InChI=1S/C14H16F2O3/c1-9(2)19-11-6-4-10(5-7-11)12(17)8-13(18)14(3,15)16/h4-7,9H,8H2,1-3H3. The van der Waals surface area contributed by atoms with E-state index in [4.69, 9.17) is 4.74 Å². The second-order valence-electron chi connectivity index (χ2n) is 4.60. The Hall–Kier alpha value is -1.78. The molecule has 0 atom stereocenters. The molecule has 0 N–H and O–H groups in total. The molecule has 5 heteroatoms. The summed E-state index contributed by atoms with van der Waals surface area (Å²) in [5, 5.41) is 0. The molecule has 0 spiro atoms. The fourth-order valence-electron chi connectivity index (χ4n) is 1.39. The van der Waals surface area contributed by atoms with Gasteiger partial charge in [0.05, 0.1) is 12.5 Å². The molecule has 0 radical (unpaired) electrons. The van der Waals surface area contributed by atoms with Crippen molar-refractivity contribution in [3.05, 3.63) is 29.8 Å². The van der Waals surface area contributed by atoms with Gasteiger partial charge in [0.15, 0.2) is 5.78 Å². The van der Waals surface area contributed by atoms with Crippen molar-refractivity contribution in [3.8, 4) is 5.75 Å². The van der Waals surface area contributed by atoms with Gasteiger partial charge >= 0.3 is 5.92 Å². The predicted octanol–water partition coefficient (Wildman–Crippen LogP) is 3.27. The van der Waals surface area contributed by atoms with Crippen molar-refractivity contribution in [1.82, 2.24) is 0 Å². The molecule has 0 amide bonds. The van der Waals surface area contributed by atoms with Crippen molar-refractivity contribution in [3.63, 3.8) is 0 Å². The molecule has 1 rings (SSSR count). The van der Waals surface area contributed by atoms with Crippen molar-refractivity contribution in [2.45, 2.75) is 39.2 Å². The molecular weight excluding hydrogens is 254 g/mol. The van der Waals surface area contributed by atoms with E-state index >= 15 is 0 Å². The highest BCUT2D eigenvalue weighted by molar-refractivity contribution is 6.09. The number of hydrogen-bond donors (Lipinski definition) is 0. The predicted molar refractivity (Wildman–Crippen MR) is 66.8 cm³/mol. The van der Waals surface area contributed by atoms with Crippen molar-refractivity contribution in [2.24, 2.45) is 0 Å². The van der Waals surface area contributed by atoms with Crippen LogP contribution in [-0.4, -0.2) is 23.6 Å². The minimum absolute atomic E-state index is 0.00177. The Kier molecular flexibility index (Phi) is 4.75. The quantitative estimate of drug-likeness (QED) is 0.588. The number of alkyl halides is 2. The summed E-state index contributed by atoms with van der Waals surface area (Å²) >= 11 is 0. The average molecular weight is 270 g/mol. The zero-order valence-electron chi connectivity index (χ0n) is 11.1. The number of carbonyl (C=O) groups excluding carboxylic acids is 2. The smallest absolute Gasteiger partial charge is 0.303 e. The van der Waals surface area contributed by atoms with Crippen LogP contribution in [0.4, 0.5) is 8.78 Å². The number of ether oxygens (including phenoxy) is 1. The Morgan fingerprint density at radius 2 is 1.74 bits per heavy atom. The number of halogens is 2. The van der Waals surface area contributed by atoms with E-state index in [-0.39, 0.29) is 11.7 Å². The van der Waals surface area contributed by atoms with Gasteiger partial charge in [-0.05, 0) is 38.1 Å². The molecule has 1 aromatic carbocycles. The number of ketones is 2. The number of Topliss-reactive ketones (excluding diaryl/α,β-unsaturated/α-hetero) is 2. The fraction of sp³-hybridized carbons (Fsp3) is 0.429. The van der Waals surface area contributed by atoms with Crippen molar-refractivity contribution in [1.29, 1.82) is 0 Å². The average Bonchev–Trinajstić information content (AvgIpc) is 2.27. The van der Waals surface area contributed by atoms with Crippen LogP contribution < -0.4 is 4.74 Å². The maximum Gasteiger partial charge on any atom is 0.303 e. The van der Waals surface area contributed by atoms with Gasteiger partial charge in [0.1, 0.15) is 5.75 Å². The van der Waals surface area contributed by atoms with Crippen LogP contribution in [0.15, 0.2) is 24.3 Å². The molecule has 0 bridgehead atoms. The Balaban J connectivity index is 2.71. The Morgan fingerprint density at radius 1 is 1.21 bits per heavy atom. The van der Waals surface area contributed by atoms with Crippen molar-refractivity contribution < 1.29 is 23.1 Å².